The normalized spacial score (nSPS) is 20.2. The molecule has 1 aromatic rings. The van der Waals surface area contributed by atoms with E-state index in [4.69, 9.17) is 0 Å². The molecule has 2 rings (SSSR count). The highest BCUT2D eigenvalue weighted by molar-refractivity contribution is 5.94. The fraction of sp³-hybridized carbons (Fsp3) is 0.500. The second-order valence-electron chi connectivity index (χ2n) is 4.95. The first kappa shape index (κ1) is 14.8. The number of nitrogens with one attached hydrogen (secondary N) is 2. The maximum absolute atomic E-state index is 12.4. The monoisotopic (exact) mass is 286 g/mol. The minimum atomic E-state index is -4.37. The first-order valence-electron chi connectivity index (χ1n) is 6.65. The van der Waals surface area contributed by atoms with Crippen LogP contribution in [0.25, 0.3) is 0 Å². The van der Waals surface area contributed by atoms with Crippen molar-refractivity contribution in [3.63, 3.8) is 0 Å². The number of hydrogen-bond acceptors (Lipinski definition) is 2. The molecule has 1 atom stereocenters. The van der Waals surface area contributed by atoms with Crippen LogP contribution in [0.5, 0.6) is 0 Å². The minimum absolute atomic E-state index is 0.0345. The zero-order chi connectivity index (χ0) is 14.6. The lowest BCUT2D eigenvalue weighted by Gasteiger charge is -2.16. The number of rotatable bonds is 2. The molecule has 1 aliphatic rings. The Hall–Kier alpha value is -1.56. The van der Waals surface area contributed by atoms with Gasteiger partial charge in [-0.2, -0.15) is 13.2 Å². The average molecular weight is 286 g/mol. The molecule has 1 unspecified atom stereocenters. The summed E-state index contributed by atoms with van der Waals surface area (Å²) in [5.41, 5.74) is -0.493. The molecule has 1 aromatic carbocycles. The van der Waals surface area contributed by atoms with Crippen LogP contribution in [0.3, 0.4) is 0 Å². The smallest absolute Gasteiger partial charge is 0.348 e. The van der Waals surface area contributed by atoms with Crippen molar-refractivity contribution >= 4 is 5.91 Å². The molecule has 110 valence electrons. The van der Waals surface area contributed by atoms with Gasteiger partial charge in [-0.25, -0.2) is 0 Å². The predicted octanol–water partition coefficient (Wildman–Crippen LogP) is 2.58. The zero-order valence-corrected chi connectivity index (χ0v) is 11.0. The van der Waals surface area contributed by atoms with Gasteiger partial charge in [0, 0.05) is 18.2 Å². The molecule has 0 bridgehead atoms. The molecule has 0 saturated carbocycles. The molecule has 0 spiro atoms. The number of carbonyl (C=O) groups excluding carboxylic acids is 1. The summed E-state index contributed by atoms with van der Waals surface area (Å²) in [6, 6.07) is 4.32. The summed E-state index contributed by atoms with van der Waals surface area (Å²) in [7, 11) is 0. The summed E-state index contributed by atoms with van der Waals surface area (Å²) in [5.74, 6) is -0.326. The lowest BCUT2D eigenvalue weighted by atomic mass is 10.1. The van der Waals surface area contributed by atoms with E-state index < -0.39 is 11.7 Å². The minimum Gasteiger partial charge on any atom is -0.348 e. The van der Waals surface area contributed by atoms with Crippen molar-refractivity contribution in [3.05, 3.63) is 35.4 Å². The van der Waals surface area contributed by atoms with Crippen LogP contribution in [0.4, 0.5) is 13.2 Å². The molecule has 0 aromatic heterocycles. The van der Waals surface area contributed by atoms with E-state index >= 15 is 0 Å². The van der Waals surface area contributed by atoms with Crippen molar-refractivity contribution in [2.45, 2.75) is 31.5 Å². The van der Waals surface area contributed by atoms with Gasteiger partial charge in [0.1, 0.15) is 0 Å². The van der Waals surface area contributed by atoms with Crippen LogP contribution < -0.4 is 10.6 Å². The largest absolute Gasteiger partial charge is 0.416 e. The van der Waals surface area contributed by atoms with Crippen molar-refractivity contribution in [2.75, 3.05) is 13.1 Å². The standard InChI is InChI=1S/C14H17F3N2O/c15-14(16,17)11-6-4-10(5-7-11)13(20)19-12-3-1-2-8-18-9-12/h4-7,12,18H,1-3,8-9H2,(H,19,20). The Morgan fingerprint density at radius 2 is 1.90 bits per heavy atom. The van der Waals surface area contributed by atoms with Gasteiger partial charge in [-0.1, -0.05) is 6.42 Å². The Kier molecular flexibility index (Phi) is 4.65. The number of carbonyl (C=O) groups is 1. The topological polar surface area (TPSA) is 41.1 Å². The second kappa shape index (κ2) is 6.26. The van der Waals surface area contributed by atoms with E-state index in [1.165, 1.54) is 12.1 Å². The molecule has 1 saturated heterocycles. The van der Waals surface area contributed by atoms with E-state index in [-0.39, 0.29) is 17.5 Å². The lowest BCUT2D eigenvalue weighted by molar-refractivity contribution is -0.137. The van der Waals surface area contributed by atoms with Gasteiger partial charge in [-0.05, 0) is 43.7 Å². The molecule has 1 heterocycles. The maximum atomic E-state index is 12.4. The van der Waals surface area contributed by atoms with E-state index in [1.807, 2.05) is 0 Å². The quantitative estimate of drug-likeness (QED) is 0.877. The molecular weight excluding hydrogens is 269 g/mol. The third kappa shape index (κ3) is 3.96. The molecule has 1 fully saturated rings. The van der Waals surface area contributed by atoms with E-state index in [9.17, 15) is 18.0 Å². The van der Waals surface area contributed by atoms with Gasteiger partial charge in [0.2, 0.25) is 0 Å². The Morgan fingerprint density at radius 1 is 1.20 bits per heavy atom. The third-order valence-corrected chi connectivity index (χ3v) is 3.36. The van der Waals surface area contributed by atoms with Crippen molar-refractivity contribution in [3.8, 4) is 0 Å². The molecule has 1 aliphatic heterocycles. The summed E-state index contributed by atoms with van der Waals surface area (Å²) in [6.07, 6.45) is -1.38. The van der Waals surface area contributed by atoms with Crippen molar-refractivity contribution in [1.82, 2.24) is 10.6 Å². The fourth-order valence-electron chi connectivity index (χ4n) is 2.22. The van der Waals surface area contributed by atoms with E-state index in [0.29, 0.717) is 6.54 Å². The number of amides is 1. The van der Waals surface area contributed by atoms with Crippen molar-refractivity contribution in [2.24, 2.45) is 0 Å². The van der Waals surface area contributed by atoms with E-state index in [2.05, 4.69) is 10.6 Å². The highest BCUT2D eigenvalue weighted by Gasteiger charge is 2.30. The van der Waals surface area contributed by atoms with Gasteiger partial charge in [-0.15, -0.1) is 0 Å². The first-order chi connectivity index (χ1) is 9.47. The van der Waals surface area contributed by atoms with Gasteiger partial charge in [-0.3, -0.25) is 4.79 Å². The predicted molar refractivity (Wildman–Crippen MR) is 69.4 cm³/mol. The second-order valence-corrected chi connectivity index (χ2v) is 4.95. The average Bonchev–Trinajstić information content (AvgIpc) is 2.66. The number of halogens is 3. The Labute approximate surface area is 115 Å². The Bertz CT molecular complexity index is 448. The summed E-state index contributed by atoms with van der Waals surface area (Å²) in [5, 5.41) is 6.07. The van der Waals surface area contributed by atoms with Crippen LogP contribution in [-0.2, 0) is 6.18 Å². The summed E-state index contributed by atoms with van der Waals surface area (Å²) >= 11 is 0. The number of alkyl halides is 3. The van der Waals surface area contributed by atoms with Crippen LogP contribution in [0.1, 0.15) is 35.2 Å². The highest BCUT2D eigenvalue weighted by atomic mass is 19.4. The van der Waals surface area contributed by atoms with Crippen LogP contribution in [-0.4, -0.2) is 25.0 Å². The van der Waals surface area contributed by atoms with Crippen LogP contribution >= 0.6 is 0 Å². The molecule has 1 amide bonds. The van der Waals surface area contributed by atoms with E-state index in [1.54, 1.807) is 0 Å². The molecule has 2 N–H and O–H groups in total. The highest BCUT2D eigenvalue weighted by Crippen LogP contribution is 2.29. The molecule has 20 heavy (non-hydrogen) atoms. The van der Waals surface area contributed by atoms with Gasteiger partial charge in [0.25, 0.3) is 5.91 Å². The molecule has 3 nitrogen and oxygen atoms in total. The molecule has 6 heteroatoms. The summed E-state index contributed by atoms with van der Waals surface area (Å²) in [4.78, 5) is 12.0. The third-order valence-electron chi connectivity index (χ3n) is 3.36. The molecule has 0 aliphatic carbocycles. The SMILES string of the molecule is O=C(NC1CCCCNC1)c1ccc(C(F)(F)F)cc1. The maximum Gasteiger partial charge on any atom is 0.416 e. The van der Waals surface area contributed by atoms with Crippen molar-refractivity contribution < 1.29 is 18.0 Å². The van der Waals surface area contributed by atoms with Gasteiger partial charge in [0.05, 0.1) is 5.56 Å². The fourth-order valence-corrected chi connectivity index (χ4v) is 2.22. The van der Waals surface area contributed by atoms with E-state index in [0.717, 1.165) is 37.9 Å². The zero-order valence-electron chi connectivity index (χ0n) is 11.0. The molecule has 0 radical (unpaired) electrons. The Morgan fingerprint density at radius 3 is 2.55 bits per heavy atom. The Balaban J connectivity index is 1.98. The van der Waals surface area contributed by atoms with Crippen LogP contribution in [0, 0.1) is 0 Å². The van der Waals surface area contributed by atoms with Gasteiger partial charge < -0.3 is 10.6 Å². The number of hydrogen-bond donors (Lipinski definition) is 2. The summed E-state index contributed by atoms with van der Waals surface area (Å²) < 4.78 is 37.3. The molecular formula is C14H17F3N2O. The summed E-state index contributed by atoms with van der Waals surface area (Å²) in [6.45, 7) is 1.64. The number of benzene rings is 1. The van der Waals surface area contributed by atoms with Gasteiger partial charge >= 0.3 is 6.18 Å². The van der Waals surface area contributed by atoms with Gasteiger partial charge in [0.15, 0.2) is 0 Å². The first-order valence-corrected chi connectivity index (χ1v) is 6.65. The lowest BCUT2D eigenvalue weighted by Crippen LogP contribution is -2.40. The van der Waals surface area contributed by atoms with Crippen LogP contribution in [0.15, 0.2) is 24.3 Å². The van der Waals surface area contributed by atoms with Crippen molar-refractivity contribution in [1.29, 1.82) is 0 Å². The van der Waals surface area contributed by atoms with Crippen LogP contribution in [0.2, 0.25) is 0 Å².